The van der Waals surface area contributed by atoms with Crippen molar-refractivity contribution in [3.8, 4) is 5.69 Å². The van der Waals surface area contributed by atoms with Gasteiger partial charge in [0.05, 0.1) is 18.4 Å². The molecular formula is C24H27N7O2. The standard InChI is InChI=1S/C24H27N7O2/c1-2-3-14-30-22(25)21(23(32)27-24(30)33)29(16-18-10-6-4-7-11-18)17-19-15-26-31(28-19)20-12-8-5-9-13-20/h4-13,15H,2-3,14,16-17,25H2,1H3,(H,27,32,33). The molecule has 0 fully saturated rings. The van der Waals surface area contributed by atoms with Crippen LogP contribution in [0, 0.1) is 0 Å². The molecule has 0 spiro atoms. The van der Waals surface area contributed by atoms with Gasteiger partial charge in [0.25, 0.3) is 5.56 Å². The Hall–Kier alpha value is -4.14. The Balaban J connectivity index is 1.73. The quantitative estimate of drug-likeness (QED) is 0.409. The van der Waals surface area contributed by atoms with Crippen molar-refractivity contribution >= 4 is 11.5 Å². The second-order valence-corrected chi connectivity index (χ2v) is 7.80. The predicted octanol–water partition coefficient (Wildman–Crippen LogP) is 2.71. The Labute approximate surface area is 191 Å². The SMILES string of the molecule is CCCCn1c(N)c(N(Cc2ccccc2)Cc2cnn(-c3ccccc3)n2)c(=O)[nH]c1=O. The number of anilines is 2. The van der Waals surface area contributed by atoms with Crippen molar-refractivity contribution in [1.82, 2.24) is 24.5 Å². The molecule has 2 aromatic carbocycles. The number of hydrogen-bond donors (Lipinski definition) is 2. The van der Waals surface area contributed by atoms with Crippen LogP contribution >= 0.6 is 0 Å². The maximum Gasteiger partial charge on any atom is 0.330 e. The third-order valence-electron chi connectivity index (χ3n) is 5.36. The van der Waals surface area contributed by atoms with Crippen LogP contribution in [0.3, 0.4) is 0 Å². The van der Waals surface area contributed by atoms with E-state index in [1.54, 1.807) is 11.0 Å². The van der Waals surface area contributed by atoms with E-state index in [4.69, 9.17) is 5.73 Å². The first-order chi connectivity index (χ1) is 16.1. The maximum atomic E-state index is 12.9. The van der Waals surface area contributed by atoms with E-state index < -0.39 is 11.2 Å². The van der Waals surface area contributed by atoms with E-state index in [0.29, 0.717) is 25.3 Å². The second-order valence-electron chi connectivity index (χ2n) is 7.80. The van der Waals surface area contributed by atoms with Gasteiger partial charge >= 0.3 is 5.69 Å². The maximum absolute atomic E-state index is 12.9. The Morgan fingerprint density at radius 2 is 1.70 bits per heavy atom. The fourth-order valence-electron chi connectivity index (χ4n) is 3.69. The van der Waals surface area contributed by atoms with Crippen molar-refractivity contribution in [3.05, 3.63) is 99.0 Å². The third kappa shape index (κ3) is 5.03. The monoisotopic (exact) mass is 445 g/mol. The molecule has 0 radical (unpaired) electrons. The number of unbranched alkanes of at least 4 members (excludes halogenated alkanes) is 1. The van der Waals surface area contributed by atoms with Gasteiger partial charge in [-0.1, -0.05) is 61.9 Å². The van der Waals surface area contributed by atoms with Gasteiger partial charge in [-0.2, -0.15) is 15.0 Å². The molecule has 4 aromatic rings. The molecule has 0 unspecified atom stereocenters. The molecule has 9 heteroatoms. The molecule has 0 saturated heterocycles. The summed E-state index contributed by atoms with van der Waals surface area (Å²) in [6.07, 6.45) is 3.35. The van der Waals surface area contributed by atoms with E-state index >= 15 is 0 Å². The Morgan fingerprint density at radius 3 is 2.39 bits per heavy atom. The first-order valence-electron chi connectivity index (χ1n) is 10.9. The van der Waals surface area contributed by atoms with Crippen LogP contribution in [-0.4, -0.2) is 24.5 Å². The normalized spacial score (nSPS) is 10.9. The summed E-state index contributed by atoms with van der Waals surface area (Å²) >= 11 is 0. The average Bonchev–Trinajstić information content (AvgIpc) is 3.28. The van der Waals surface area contributed by atoms with Crippen LogP contribution in [0.15, 0.2) is 76.4 Å². The van der Waals surface area contributed by atoms with E-state index in [2.05, 4.69) is 15.2 Å². The topological polar surface area (TPSA) is 115 Å². The number of nitrogen functional groups attached to an aromatic ring is 1. The summed E-state index contributed by atoms with van der Waals surface area (Å²) in [5.74, 6) is 0.156. The van der Waals surface area contributed by atoms with Crippen LogP contribution in [-0.2, 0) is 19.6 Å². The fraction of sp³-hybridized carbons (Fsp3) is 0.250. The highest BCUT2D eigenvalue weighted by molar-refractivity contribution is 5.62. The Bertz CT molecular complexity index is 1310. The van der Waals surface area contributed by atoms with Crippen LogP contribution in [0.25, 0.3) is 5.69 Å². The number of nitrogens with zero attached hydrogens (tertiary/aromatic N) is 5. The molecule has 0 aliphatic heterocycles. The number of hydrogen-bond acceptors (Lipinski definition) is 6. The van der Waals surface area contributed by atoms with Crippen molar-refractivity contribution < 1.29 is 0 Å². The molecule has 0 aliphatic carbocycles. The molecule has 0 aliphatic rings. The van der Waals surface area contributed by atoms with Gasteiger partial charge in [0, 0.05) is 13.1 Å². The molecule has 2 aromatic heterocycles. The van der Waals surface area contributed by atoms with Crippen molar-refractivity contribution in [3.63, 3.8) is 0 Å². The first-order valence-corrected chi connectivity index (χ1v) is 10.9. The van der Waals surface area contributed by atoms with Crippen LogP contribution < -0.4 is 21.9 Å². The van der Waals surface area contributed by atoms with Crippen molar-refractivity contribution in [2.45, 2.75) is 39.4 Å². The smallest absolute Gasteiger partial charge is 0.330 e. The van der Waals surface area contributed by atoms with E-state index in [9.17, 15) is 9.59 Å². The van der Waals surface area contributed by atoms with Gasteiger partial charge in [0.15, 0.2) is 0 Å². The summed E-state index contributed by atoms with van der Waals surface area (Å²) in [4.78, 5) is 31.1. The molecule has 4 rings (SSSR count). The molecule has 170 valence electrons. The van der Waals surface area contributed by atoms with E-state index in [1.165, 1.54) is 4.57 Å². The molecule has 33 heavy (non-hydrogen) atoms. The van der Waals surface area contributed by atoms with Gasteiger partial charge in [0.1, 0.15) is 17.2 Å². The van der Waals surface area contributed by atoms with Gasteiger partial charge in [-0.05, 0) is 24.1 Å². The summed E-state index contributed by atoms with van der Waals surface area (Å²) in [6, 6.07) is 19.4. The minimum atomic E-state index is -0.517. The van der Waals surface area contributed by atoms with Gasteiger partial charge in [-0.3, -0.25) is 14.3 Å². The molecule has 9 nitrogen and oxygen atoms in total. The number of benzene rings is 2. The summed E-state index contributed by atoms with van der Waals surface area (Å²) in [5.41, 5.74) is 8.13. The molecule has 2 heterocycles. The highest BCUT2D eigenvalue weighted by atomic mass is 16.2. The van der Waals surface area contributed by atoms with Gasteiger partial charge in [-0.15, -0.1) is 0 Å². The molecule has 3 N–H and O–H groups in total. The molecular weight excluding hydrogens is 418 g/mol. The summed E-state index contributed by atoms with van der Waals surface area (Å²) in [6.45, 7) is 3.18. The Kier molecular flexibility index (Phi) is 6.68. The highest BCUT2D eigenvalue weighted by Gasteiger charge is 2.21. The van der Waals surface area contributed by atoms with Crippen LogP contribution in [0.1, 0.15) is 31.0 Å². The van der Waals surface area contributed by atoms with E-state index in [1.807, 2.05) is 72.5 Å². The van der Waals surface area contributed by atoms with Crippen molar-refractivity contribution in [1.29, 1.82) is 0 Å². The Morgan fingerprint density at radius 1 is 1.00 bits per heavy atom. The molecule has 0 amide bonds. The van der Waals surface area contributed by atoms with Crippen LogP contribution in [0.2, 0.25) is 0 Å². The molecule has 0 saturated carbocycles. The number of H-pyrrole nitrogens is 1. The summed E-state index contributed by atoms with van der Waals surface area (Å²) in [5, 5.41) is 8.94. The van der Waals surface area contributed by atoms with Gasteiger partial charge in [0.2, 0.25) is 0 Å². The zero-order chi connectivity index (χ0) is 23.2. The number of aromatic nitrogens is 5. The zero-order valence-electron chi connectivity index (χ0n) is 18.5. The lowest BCUT2D eigenvalue weighted by Gasteiger charge is -2.25. The van der Waals surface area contributed by atoms with E-state index in [-0.39, 0.29) is 11.5 Å². The lowest BCUT2D eigenvalue weighted by Crippen LogP contribution is -2.38. The fourth-order valence-corrected chi connectivity index (χ4v) is 3.69. The molecule has 0 atom stereocenters. The number of aromatic amines is 1. The summed E-state index contributed by atoms with van der Waals surface area (Å²) in [7, 11) is 0. The first kappa shape index (κ1) is 22.1. The van der Waals surface area contributed by atoms with Crippen LogP contribution in [0.4, 0.5) is 11.5 Å². The number of rotatable bonds is 9. The van der Waals surface area contributed by atoms with Gasteiger partial charge in [-0.25, -0.2) is 4.79 Å². The number of nitrogens with one attached hydrogen (secondary N) is 1. The minimum Gasteiger partial charge on any atom is -0.383 e. The lowest BCUT2D eigenvalue weighted by molar-refractivity contribution is 0.601. The lowest BCUT2D eigenvalue weighted by atomic mass is 10.2. The van der Waals surface area contributed by atoms with Crippen molar-refractivity contribution in [2.24, 2.45) is 0 Å². The zero-order valence-corrected chi connectivity index (χ0v) is 18.5. The van der Waals surface area contributed by atoms with E-state index in [0.717, 1.165) is 24.1 Å². The molecule has 0 bridgehead atoms. The van der Waals surface area contributed by atoms with Crippen molar-refractivity contribution in [2.75, 3.05) is 10.6 Å². The second kappa shape index (κ2) is 9.99. The number of nitrogens with two attached hydrogens (primary N) is 1. The largest absolute Gasteiger partial charge is 0.383 e. The number of para-hydroxylation sites is 1. The predicted molar refractivity (Wildman–Crippen MR) is 128 cm³/mol. The van der Waals surface area contributed by atoms with Crippen LogP contribution in [0.5, 0.6) is 0 Å². The highest BCUT2D eigenvalue weighted by Crippen LogP contribution is 2.22. The minimum absolute atomic E-state index is 0.156. The third-order valence-corrected chi connectivity index (χ3v) is 5.36. The summed E-state index contributed by atoms with van der Waals surface area (Å²) < 4.78 is 1.43. The average molecular weight is 446 g/mol. The van der Waals surface area contributed by atoms with Gasteiger partial charge < -0.3 is 10.6 Å².